The van der Waals surface area contributed by atoms with Crippen LogP contribution in [0.4, 0.5) is 0 Å². The molecule has 0 aliphatic heterocycles. The fraction of sp³-hybridized carbons (Fsp3) is 0.143. The van der Waals surface area contributed by atoms with Crippen LogP contribution < -0.4 is 0 Å². The zero-order valence-electron chi connectivity index (χ0n) is 9.72. The van der Waals surface area contributed by atoms with E-state index >= 15 is 0 Å². The largest absolute Gasteiger partial charge is 0.458 e. The highest BCUT2D eigenvalue weighted by atomic mass is 16.5. The average molecular weight is 244 g/mol. The monoisotopic (exact) mass is 244 g/mol. The van der Waals surface area contributed by atoms with Gasteiger partial charge in [-0.15, -0.1) is 6.42 Å². The van der Waals surface area contributed by atoms with Gasteiger partial charge in [-0.2, -0.15) is 0 Å². The maximum absolute atomic E-state index is 11.7. The molecule has 0 radical (unpaired) electrons. The van der Waals surface area contributed by atoms with Gasteiger partial charge in [0.1, 0.15) is 6.61 Å². The van der Waals surface area contributed by atoms with Crippen molar-refractivity contribution in [3.05, 3.63) is 48.0 Å². The number of hydrogen-bond acceptors (Lipinski definition) is 4. The van der Waals surface area contributed by atoms with Crippen LogP contribution in [0.2, 0.25) is 0 Å². The van der Waals surface area contributed by atoms with Crippen LogP contribution in [0.3, 0.4) is 0 Å². The van der Waals surface area contributed by atoms with Gasteiger partial charge in [-0.3, -0.25) is 0 Å². The van der Waals surface area contributed by atoms with E-state index in [1.54, 1.807) is 12.1 Å². The zero-order valence-corrected chi connectivity index (χ0v) is 9.72. The molecule has 0 amide bonds. The number of rotatable bonds is 5. The van der Waals surface area contributed by atoms with Crippen LogP contribution >= 0.6 is 0 Å². The Morgan fingerprint density at radius 1 is 1.22 bits per heavy atom. The Kier molecular flexibility index (Phi) is 5.20. The molecular formula is C14H12O4. The number of terminal acetylenes is 1. The summed E-state index contributed by atoms with van der Waals surface area (Å²) in [6.07, 6.45) is 6.43. The molecule has 18 heavy (non-hydrogen) atoms. The third kappa shape index (κ3) is 3.49. The number of esters is 2. The van der Waals surface area contributed by atoms with Crippen LogP contribution in [-0.4, -0.2) is 25.2 Å². The molecule has 0 saturated carbocycles. The van der Waals surface area contributed by atoms with Crippen molar-refractivity contribution < 1.29 is 19.1 Å². The van der Waals surface area contributed by atoms with Crippen LogP contribution in [0.1, 0.15) is 20.7 Å². The molecular weight excluding hydrogens is 232 g/mol. The molecule has 0 heterocycles. The summed E-state index contributed by atoms with van der Waals surface area (Å²) in [6.45, 7) is 3.37. The minimum atomic E-state index is -0.654. The molecule has 0 unspecified atom stereocenters. The molecule has 1 rings (SSSR count). The topological polar surface area (TPSA) is 52.6 Å². The van der Waals surface area contributed by atoms with Gasteiger partial charge in [0.25, 0.3) is 0 Å². The SMILES string of the molecule is C#CCOC(=O)c1ccccc1C(=O)OCC=C. The highest BCUT2D eigenvalue weighted by Crippen LogP contribution is 2.11. The fourth-order valence-electron chi connectivity index (χ4n) is 1.24. The lowest BCUT2D eigenvalue weighted by Gasteiger charge is -2.07. The Morgan fingerprint density at radius 2 is 1.78 bits per heavy atom. The predicted octanol–water partition coefficient (Wildman–Crippen LogP) is 1.82. The lowest BCUT2D eigenvalue weighted by Crippen LogP contribution is -2.14. The predicted molar refractivity (Wildman–Crippen MR) is 66.0 cm³/mol. The molecule has 4 heteroatoms. The smallest absolute Gasteiger partial charge is 0.339 e. The van der Waals surface area contributed by atoms with Crippen molar-refractivity contribution in [2.24, 2.45) is 0 Å². The number of carbonyl (C=O) groups is 2. The van der Waals surface area contributed by atoms with Crippen molar-refractivity contribution in [1.29, 1.82) is 0 Å². The number of hydrogen-bond donors (Lipinski definition) is 0. The molecule has 4 nitrogen and oxygen atoms in total. The second kappa shape index (κ2) is 6.92. The van der Waals surface area contributed by atoms with Crippen LogP contribution in [0, 0.1) is 12.3 Å². The molecule has 0 aliphatic carbocycles. The van der Waals surface area contributed by atoms with Crippen molar-refractivity contribution >= 4 is 11.9 Å². The van der Waals surface area contributed by atoms with Gasteiger partial charge in [0, 0.05) is 0 Å². The first-order valence-electron chi connectivity index (χ1n) is 5.18. The summed E-state index contributed by atoms with van der Waals surface area (Å²) in [5.41, 5.74) is 0.267. The Labute approximate surface area is 105 Å². The first kappa shape index (κ1) is 13.5. The normalized spacial score (nSPS) is 9.06. The maximum atomic E-state index is 11.7. The second-order valence-electron chi connectivity index (χ2n) is 3.21. The Morgan fingerprint density at radius 3 is 2.28 bits per heavy atom. The molecule has 1 aromatic carbocycles. The fourth-order valence-corrected chi connectivity index (χ4v) is 1.24. The van der Waals surface area contributed by atoms with E-state index in [-0.39, 0.29) is 24.3 Å². The van der Waals surface area contributed by atoms with Gasteiger partial charge in [0.05, 0.1) is 11.1 Å². The minimum absolute atomic E-state index is 0.0760. The molecule has 0 fully saturated rings. The number of carbonyl (C=O) groups excluding carboxylic acids is 2. The molecule has 0 N–H and O–H groups in total. The van der Waals surface area contributed by atoms with Crippen LogP contribution in [0.15, 0.2) is 36.9 Å². The van der Waals surface area contributed by atoms with Crippen molar-refractivity contribution in [2.75, 3.05) is 13.2 Å². The molecule has 0 spiro atoms. The summed E-state index contributed by atoms with van der Waals surface area (Å²) in [5, 5.41) is 0. The molecule has 1 aromatic rings. The maximum Gasteiger partial charge on any atom is 0.339 e. The van der Waals surface area contributed by atoms with Crippen molar-refractivity contribution in [3.8, 4) is 12.3 Å². The summed E-state index contributed by atoms with van der Waals surface area (Å²) in [4.78, 5) is 23.3. The van der Waals surface area contributed by atoms with E-state index in [9.17, 15) is 9.59 Å². The third-order valence-electron chi connectivity index (χ3n) is 1.99. The van der Waals surface area contributed by atoms with Gasteiger partial charge in [0.15, 0.2) is 6.61 Å². The van der Waals surface area contributed by atoms with Gasteiger partial charge in [-0.25, -0.2) is 9.59 Å². The minimum Gasteiger partial charge on any atom is -0.458 e. The summed E-state index contributed by atoms with van der Waals surface area (Å²) in [7, 11) is 0. The van der Waals surface area contributed by atoms with E-state index in [2.05, 4.69) is 12.5 Å². The quantitative estimate of drug-likeness (QED) is 0.450. The van der Waals surface area contributed by atoms with E-state index < -0.39 is 11.9 Å². The van der Waals surface area contributed by atoms with E-state index in [1.807, 2.05) is 0 Å². The number of ether oxygens (including phenoxy) is 2. The van der Waals surface area contributed by atoms with Crippen molar-refractivity contribution in [3.63, 3.8) is 0 Å². The highest BCUT2D eigenvalue weighted by molar-refractivity contribution is 6.03. The van der Waals surface area contributed by atoms with Gasteiger partial charge in [-0.05, 0) is 12.1 Å². The summed E-state index contributed by atoms with van der Waals surface area (Å²) in [5.74, 6) is 0.917. The van der Waals surface area contributed by atoms with Gasteiger partial charge < -0.3 is 9.47 Å². The Hall–Kier alpha value is -2.54. The first-order valence-corrected chi connectivity index (χ1v) is 5.18. The molecule has 0 aliphatic rings. The highest BCUT2D eigenvalue weighted by Gasteiger charge is 2.18. The van der Waals surface area contributed by atoms with E-state index in [4.69, 9.17) is 15.9 Å². The van der Waals surface area contributed by atoms with E-state index in [1.165, 1.54) is 18.2 Å². The van der Waals surface area contributed by atoms with Crippen LogP contribution in [-0.2, 0) is 9.47 Å². The lowest BCUT2D eigenvalue weighted by atomic mass is 10.1. The Balaban J connectivity index is 2.92. The lowest BCUT2D eigenvalue weighted by molar-refractivity contribution is 0.0506. The van der Waals surface area contributed by atoms with Crippen LogP contribution in [0.5, 0.6) is 0 Å². The van der Waals surface area contributed by atoms with Crippen molar-refractivity contribution in [2.45, 2.75) is 0 Å². The van der Waals surface area contributed by atoms with Crippen LogP contribution in [0.25, 0.3) is 0 Å². The summed E-state index contributed by atoms with van der Waals surface area (Å²) in [6, 6.07) is 6.21. The zero-order chi connectivity index (χ0) is 13.4. The molecule has 0 bridgehead atoms. The van der Waals surface area contributed by atoms with Gasteiger partial charge in [0.2, 0.25) is 0 Å². The third-order valence-corrected chi connectivity index (χ3v) is 1.99. The molecule has 92 valence electrons. The summed E-state index contributed by atoms with van der Waals surface area (Å²) < 4.78 is 9.64. The molecule has 0 atom stereocenters. The standard InChI is InChI=1S/C14H12O4/c1-3-9-17-13(15)11-7-5-6-8-12(11)14(16)18-10-4-2/h1,4-8H,2,9-10H2. The average Bonchev–Trinajstić information content (AvgIpc) is 2.42. The summed E-state index contributed by atoms with van der Waals surface area (Å²) >= 11 is 0. The molecule has 0 aromatic heterocycles. The first-order chi connectivity index (χ1) is 8.70. The van der Waals surface area contributed by atoms with Gasteiger partial charge >= 0.3 is 11.9 Å². The van der Waals surface area contributed by atoms with Crippen molar-refractivity contribution in [1.82, 2.24) is 0 Å². The number of benzene rings is 1. The Bertz CT molecular complexity index is 497. The van der Waals surface area contributed by atoms with Gasteiger partial charge in [-0.1, -0.05) is 30.7 Å². The second-order valence-corrected chi connectivity index (χ2v) is 3.21. The van der Waals surface area contributed by atoms with E-state index in [0.717, 1.165) is 0 Å². The van der Waals surface area contributed by atoms with E-state index in [0.29, 0.717) is 0 Å². The molecule has 0 saturated heterocycles.